The second-order valence-corrected chi connectivity index (χ2v) is 5.99. The molecule has 1 aromatic carbocycles. The molecular formula is C18H23N3O. The molecule has 1 saturated heterocycles. The van der Waals surface area contributed by atoms with Crippen LogP contribution < -0.4 is 5.32 Å². The smallest absolute Gasteiger partial charge is 0.252 e. The van der Waals surface area contributed by atoms with Crippen LogP contribution in [0.4, 0.5) is 0 Å². The van der Waals surface area contributed by atoms with Crippen molar-refractivity contribution in [3.63, 3.8) is 0 Å². The van der Waals surface area contributed by atoms with Gasteiger partial charge in [-0.05, 0) is 45.0 Å². The van der Waals surface area contributed by atoms with Crippen molar-refractivity contribution in [2.75, 3.05) is 26.2 Å². The predicted octanol–water partition coefficient (Wildman–Crippen LogP) is 2.76. The number of nitrogens with zero attached hydrogens (tertiary/aromatic N) is 2. The fraction of sp³-hybridized carbons (Fsp3) is 0.444. The highest BCUT2D eigenvalue weighted by molar-refractivity contribution is 6.06. The lowest BCUT2D eigenvalue weighted by Gasteiger charge is -2.26. The van der Waals surface area contributed by atoms with Crippen LogP contribution in [0.1, 0.15) is 35.3 Å². The fourth-order valence-electron chi connectivity index (χ4n) is 3.10. The van der Waals surface area contributed by atoms with Crippen molar-refractivity contribution in [2.45, 2.75) is 26.2 Å². The van der Waals surface area contributed by atoms with Gasteiger partial charge < -0.3 is 10.2 Å². The van der Waals surface area contributed by atoms with Crippen LogP contribution >= 0.6 is 0 Å². The Kier molecular flexibility index (Phi) is 4.68. The summed E-state index contributed by atoms with van der Waals surface area (Å²) >= 11 is 0. The molecule has 2 aromatic rings. The number of hydrogen-bond acceptors (Lipinski definition) is 3. The number of para-hydroxylation sites is 1. The predicted molar refractivity (Wildman–Crippen MR) is 89.1 cm³/mol. The molecule has 1 aliphatic heterocycles. The normalized spacial score (nSPS) is 15.9. The minimum absolute atomic E-state index is 0.00119. The topological polar surface area (TPSA) is 45.2 Å². The molecule has 2 heterocycles. The number of carbonyl (C=O) groups is 1. The third kappa shape index (κ3) is 3.45. The maximum absolute atomic E-state index is 12.5. The fourth-order valence-corrected chi connectivity index (χ4v) is 3.10. The molecule has 0 saturated carbocycles. The Bertz CT molecular complexity index is 662. The van der Waals surface area contributed by atoms with E-state index in [0.717, 1.165) is 41.8 Å². The Morgan fingerprint density at radius 2 is 2.00 bits per heavy atom. The number of aryl methyl sites for hydroxylation is 1. The Morgan fingerprint density at radius 3 is 2.82 bits per heavy atom. The number of nitrogens with one attached hydrogen (secondary N) is 1. The quantitative estimate of drug-likeness (QED) is 0.944. The van der Waals surface area contributed by atoms with Crippen LogP contribution in [0.25, 0.3) is 10.9 Å². The molecule has 0 bridgehead atoms. The van der Waals surface area contributed by atoms with E-state index in [-0.39, 0.29) is 5.91 Å². The van der Waals surface area contributed by atoms with E-state index >= 15 is 0 Å². The molecule has 1 amide bonds. The Morgan fingerprint density at radius 1 is 1.23 bits per heavy atom. The lowest BCUT2D eigenvalue weighted by Crippen LogP contribution is -2.37. The minimum Gasteiger partial charge on any atom is -0.351 e. The number of rotatable bonds is 4. The number of hydrogen-bond donors (Lipinski definition) is 1. The van der Waals surface area contributed by atoms with Crippen LogP contribution in [0.15, 0.2) is 30.3 Å². The van der Waals surface area contributed by atoms with Gasteiger partial charge in [-0.2, -0.15) is 0 Å². The van der Waals surface area contributed by atoms with Crippen LogP contribution in [0.2, 0.25) is 0 Å². The molecule has 4 heteroatoms. The summed E-state index contributed by atoms with van der Waals surface area (Å²) in [4.78, 5) is 19.4. The monoisotopic (exact) mass is 297 g/mol. The van der Waals surface area contributed by atoms with E-state index in [4.69, 9.17) is 0 Å². The lowest BCUT2D eigenvalue weighted by atomic mass is 10.1. The van der Waals surface area contributed by atoms with Gasteiger partial charge in [-0.15, -0.1) is 0 Å². The third-order valence-corrected chi connectivity index (χ3v) is 4.25. The summed E-state index contributed by atoms with van der Waals surface area (Å²) < 4.78 is 0. The van der Waals surface area contributed by atoms with Crippen LogP contribution in [0.3, 0.4) is 0 Å². The molecule has 0 radical (unpaired) electrons. The minimum atomic E-state index is -0.00119. The lowest BCUT2D eigenvalue weighted by molar-refractivity contribution is 0.0948. The van der Waals surface area contributed by atoms with Gasteiger partial charge in [0.1, 0.15) is 0 Å². The van der Waals surface area contributed by atoms with Crippen LogP contribution in [-0.4, -0.2) is 42.0 Å². The number of carbonyl (C=O) groups excluding carboxylic acids is 1. The zero-order valence-corrected chi connectivity index (χ0v) is 13.1. The second-order valence-electron chi connectivity index (χ2n) is 5.99. The highest BCUT2D eigenvalue weighted by Gasteiger charge is 2.13. The molecule has 3 rings (SSSR count). The largest absolute Gasteiger partial charge is 0.351 e. The number of benzene rings is 1. The summed E-state index contributed by atoms with van der Waals surface area (Å²) in [7, 11) is 0. The van der Waals surface area contributed by atoms with Gasteiger partial charge in [-0.1, -0.05) is 24.6 Å². The van der Waals surface area contributed by atoms with Gasteiger partial charge in [0.15, 0.2) is 0 Å². The number of pyridine rings is 1. The standard InChI is InChI=1S/C18H23N3O/c1-14-13-16(15-7-3-4-8-17(15)20-14)18(22)19-9-12-21-10-5-2-6-11-21/h3-4,7-8,13H,2,5-6,9-12H2,1H3,(H,19,22). The van der Waals surface area contributed by atoms with Crippen LogP contribution in [-0.2, 0) is 0 Å². The molecule has 0 aliphatic carbocycles. The van der Waals surface area contributed by atoms with E-state index in [1.54, 1.807) is 0 Å². The number of aromatic nitrogens is 1. The number of piperidine rings is 1. The molecule has 0 spiro atoms. The number of amides is 1. The first-order valence-corrected chi connectivity index (χ1v) is 8.11. The van der Waals surface area contributed by atoms with Gasteiger partial charge in [0.25, 0.3) is 5.91 Å². The Labute approximate surface area is 131 Å². The van der Waals surface area contributed by atoms with Gasteiger partial charge in [0.2, 0.25) is 0 Å². The van der Waals surface area contributed by atoms with E-state index in [0.29, 0.717) is 6.54 Å². The van der Waals surface area contributed by atoms with Crippen LogP contribution in [0, 0.1) is 6.92 Å². The van der Waals surface area contributed by atoms with Gasteiger partial charge >= 0.3 is 0 Å². The average Bonchev–Trinajstić information content (AvgIpc) is 2.55. The number of fused-ring (bicyclic) bond motifs is 1. The number of likely N-dealkylation sites (tertiary alicyclic amines) is 1. The van der Waals surface area contributed by atoms with Gasteiger partial charge in [-0.3, -0.25) is 9.78 Å². The van der Waals surface area contributed by atoms with E-state index in [9.17, 15) is 4.79 Å². The maximum atomic E-state index is 12.5. The first kappa shape index (κ1) is 15.0. The average molecular weight is 297 g/mol. The van der Waals surface area contributed by atoms with Crippen molar-refractivity contribution >= 4 is 16.8 Å². The Hall–Kier alpha value is -1.94. The highest BCUT2D eigenvalue weighted by atomic mass is 16.1. The summed E-state index contributed by atoms with van der Waals surface area (Å²) in [5.41, 5.74) is 2.48. The first-order valence-electron chi connectivity index (χ1n) is 8.11. The molecule has 1 aromatic heterocycles. The van der Waals surface area contributed by atoms with Crippen molar-refractivity contribution in [1.82, 2.24) is 15.2 Å². The molecule has 1 N–H and O–H groups in total. The first-order chi connectivity index (χ1) is 10.7. The van der Waals surface area contributed by atoms with E-state index < -0.39 is 0 Å². The molecule has 0 atom stereocenters. The summed E-state index contributed by atoms with van der Waals surface area (Å²) in [5.74, 6) is -0.00119. The molecule has 116 valence electrons. The third-order valence-electron chi connectivity index (χ3n) is 4.25. The summed E-state index contributed by atoms with van der Waals surface area (Å²) in [6, 6.07) is 9.68. The molecule has 0 unspecified atom stereocenters. The van der Waals surface area contributed by atoms with Crippen molar-refractivity contribution in [1.29, 1.82) is 0 Å². The van der Waals surface area contributed by atoms with Crippen molar-refractivity contribution < 1.29 is 4.79 Å². The van der Waals surface area contributed by atoms with E-state index in [2.05, 4.69) is 15.2 Å². The molecule has 22 heavy (non-hydrogen) atoms. The highest BCUT2D eigenvalue weighted by Crippen LogP contribution is 2.18. The molecule has 1 fully saturated rings. The van der Waals surface area contributed by atoms with Gasteiger partial charge in [-0.25, -0.2) is 0 Å². The van der Waals surface area contributed by atoms with E-state index in [1.165, 1.54) is 19.3 Å². The zero-order valence-electron chi connectivity index (χ0n) is 13.1. The molecule has 1 aliphatic rings. The summed E-state index contributed by atoms with van der Waals surface area (Å²) in [5, 5.41) is 3.98. The van der Waals surface area contributed by atoms with Crippen molar-refractivity contribution in [2.24, 2.45) is 0 Å². The SMILES string of the molecule is Cc1cc(C(=O)NCCN2CCCCC2)c2ccccc2n1. The van der Waals surface area contributed by atoms with Gasteiger partial charge in [0.05, 0.1) is 11.1 Å². The maximum Gasteiger partial charge on any atom is 0.252 e. The van der Waals surface area contributed by atoms with E-state index in [1.807, 2.05) is 37.3 Å². The zero-order chi connectivity index (χ0) is 15.4. The summed E-state index contributed by atoms with van der Waals surface area (Å²) in [6.45, 7) is 5.89. The van der Waals surface area contributed by atoms with Crippen molar-refractivity contribution in [3.8, 4) is 0 Å². The second kappa shape index (κ2) is 6.88. The Balaban J connectivity index is 1.67. The molecule has 4 nitrogen and oxygen atoms in total. The summed E-state index contributed by atoms with van der Waals surface area (Å²) in [6.07, 6.45) is 3.90. The van der Waals surface area contributed by atoms with Crippen molar-refractivity contribution in [3.05, 3.63) is 41.6 Å². The van der Waals surface area contributed by atoms with Crippen LogP contribution in [0.5, 0.6) is 0 Å². The van der Waals surface area contributed by atoms with Gasteiger partial charge in [0, 0.05) is 24.2 Å². The molecular weight excluding hydrogens is 274 g/mol.